The molecule has 2 heterocycles. The Balaban J connectivity index is 1.61. The molecular formula is C18H16ClN5O. The third kappa shape index (κ3) is 4.51. The summed E-state index contributed by atoms with van der Waals surface area (Å²) in [6.45, 7) is 2.50. The number of aryl methyl sites for hydroxylation is 1. The van der Waals surface area contributed by atoms with Gasteiger partial charge < -0.3 is 10.6 Å². The van der Waals surface area contributed by atoms with Crippen molar-refractivity contribution in [1.82, 2.24) is 15.0 Å². The SMILES string of the molecule is Cc1ccc(NC(=O)c2cnc(NCc3ccncc3)cn2)cc1Cl. The fourth-order valence-electron chi connectivity index (χ4n) is 2.10. The van der Waals surface area contributed by atoms with Crippen molar-refractivity contribution < 1.29 is 4.79 Å². The van der Waals surface area contributed by atoms with E-state index in [1.807, 2.05) is 25.1 Å². The molecule has 25 heavy (non-hydrogen) atoms. The van der Waals surface area contributed by atoms with Gasteiger partial charge in [0.25, 0.3) is 5.91 Å². The van der Waals surface area contributed by atoms with Gasteiger partial charge in [-0.2, -0.15) is 0 Å². The highest BCUT2D eigenvalue weighted by Crippen LogP contribution is 2.20. The minimum absolute atomic E-state index is 0.228. The van der Waals surface area contributed by atoms with Crippen LogP contribution in [0.2, 0.25) is 5.02 Å². The summed E-state index contributed by atoms with van der Waals surface area (Å²) in [5.41, 5.74) is 2.87. The molecule has 0 aliphatic heterocycles. The van der Waals surface area contributed by atoms with E-state index < -0.39 is 0 Å². The molecule has 6 nitrogen and oxygen atoms in total. The Morgan fingerprint density at radius 1 is 1.12 bits per heavy atom. The highest BCUT2D eigenvalue weighted by molar-refractivity contribution is 6.31. The van der Waals surface area contributed by atoms with Gasteiger partial charge in [-0.15, -0.1) is 0 Å². The molecule has 0 aliphatic carbocycles. The molecule has 0 fully saturated rings. The molecule has 2 N–H and O–H groups in total. The van der Waals surface area contributed by atoms with Gasteiger partial charge in [-0.1, -0.05) is 17.7 Å². The van der Waals surface area contributed by atoms with Crippen LogP contribution in [0, 0.1) is 6.92 Å². The molecule has 3 aromatic rings. The van der Waals surface area contributed by atoms with Crippen molar-refractivity contribution in [3.05, 3.63) is 77.0 Å². The van der Waals surface area contributed by atoms with Gasteiger partial charge in [0, 0.05) is 29.6 Å². The van der Waals surface area contributed by atoms with E-state index >= 15 is 0 Å². The normalized spacial score (nSPS) is 10.3. The predicted molar refractivity (Wildman–Crippen MR) is 97.7 cm³/mol. The third-order valence-electron chi connectivity index (χ3n) is 3.54. The van der Waals surface area contributed by atoms with Crippen molar-refractivity contribution in [2.45, 2.75) is 13.5 Å². The summed E-state index contributed by atoms with van der Waals surface area (Å²) < 4.78 is 0. The van der Waals surface area contributed by atoms with E-state index in [9.17, 15) is 4.79 Å². The molecule has 0 unspecified atom stereocenters. The van der Waals surface area contributed by atoms with Crippen LogP contribution in [-0.4, -0.2) is 20.9 Å². The van der Waals surface area contributed by atoms with E-state index in [2.05, 4.69) is 25.6 Å². The van der Waals surface area contributed by atoms with Crippen LogP contribution in [0.15, 0.2) is 55.1 Å². The molecule has 3 rings (SSSR count). The number of amides is 1. The second-order valence-corrected chi connectivity index (χ2v) is 5.82. The quantitative estimate of drug-likeness (QED) is 0.731. The molecule has 0 saturated carbocycles. The van der Waals surface area contributed by atoms with Crippen LogP contribution in [0.5, 0.6) is 0 Å². The number of nitrogens with one attached hydrogen (secondary N) is 2. The Kier molecular flexibility index (Phi) is 5.20. The smallest absolute Gasteiger partial charge is 0.275 e. The van der Waals surface area contributed by atoms with Crippen LogP contribution in [0.1, 0.15) is 21.6 Å². The first-order chi connectivity index (χ1) is 12.1. The lowest BCUT2D eigenvalue weighted by Crippen LogP contribution is -2.14. The average Bonchev–Trinajstić information content (AvgIpc) is 2.64. The molecule has 0 radical (unpaired) electrons. The predicted octanol–water partition coefficient (Wildman–Crippen LogP) is 3.70. The fraction of sp³-hybridized carbons (Fsp3) is 0.111. The standard InChI is InChI=1S/C18H16ClN5O/c1-12-2-3-14(8-15(12)19)24-18(25)16-10-23-17(11-21-16)22-9-13-4-6-20-7-5-13/h2-8,10-11H,9H2,1H3,(H,22,23)(H,24,25). The van der Waals surface area contributed by atoms with Crippen molar-refractivity contribution >= 4 is 29.0 Å². The van der Waals surface area contributed by atoms with Gasteiger partial charge in [-0.05, 0) is 42.3 Å². The summed E-state index contributed by atoms with van der Waals surface area (Å²) in [6, 6.07) is 9.16. The number of nitrogens with zero attached hydrogens (tertiary/aromatic N) is 3. The Morgan fingerprint density at radius 3 is 2.60 bits per heavy atom. The molecule has 0 aliphatic rings. The minimum atomic E-state index is -0.340. The van der Waals surface area contributed by atoms with Crippen molar-refractivity contribution in [1.29, 1.82) is 0 Å². The van der Waals surface area contributed by atoms with E-state index in [4.69, 9.17) is 11.6 Å². The molecule has 0 saturated heterocycles. The van der Waals surface area contributed by atoms with Crippen LogP contribution in [0.25, 0.3) is 0 Å². The van der Waals surface area contributed by atoms with Gasteiger partial charge in [-0.3, -0.25) is 9.78 Å². The molecule has 1 amide bonds. The third-order valence-corrected chi connectivity index (χ3v) is 3.94. The zero-order valence-corrected chi connectivity index (χ0v) is 14.3. The summed E-state index contributed by atoms with van der Waals surface area (Å²) in [6.07, 6.45) is 6.42. The molecule has 0 spiro atoms. The molecule has 0 atom stereocenters. The number of hydrogen-bond acceptors (Lipinski definition) is 5. The number of aromatic nitrogens is 3. The summed E-state index contributed by atoms with van der Waals surface area (Å²) >= 11 is 6.06. The Bertz CT molecular complexity index is 868. The lowest BCUT2D eigenvalue weighted by molar-refractivity contribution is 0.102. The number of rotatable bonds is 5. The number of halogens is 1. The Hall–Kier alpha value is -2.99. The fourth-order valence-corrected chi connectivity index (χ4v) is 2.28. The maximum Gasteiger partial charge on any atom is 0.275 e. The van der Waals surface area contributed by atoms with Gasteiger partial charge >= 0.3 is 0 Å². The van der Waals surface area contributed by atoms with Crippen molar-refractivity contribution in [2.24, 2.45) is 0 Å². The first-order valence-electron chi connectivity index (χ1n) is 7.64. The van der Waals surface area contributed by atoms with E-state index in [-0.39, 0.29) is 11.6 Å². The van der Waals surface area contributed by atoms with Crippen LogP contribution in [0.3, 0.4) is 0 Å². The lowest BCUT2D eigenvalue weighted by Gasteiger charge is -2.08. The maximum atomic E-state index is 12.2. The molecule has 2 aromatic heterocycles. The second kappa shape index (κ2) is 7.72. The van der Waals surface area contributed by atoms with Gasteiger partial charge in [0.1, 0.15) is 11.5 Å². The van der Waals surface area contributed by atoms with Crippen LogP contribution < -0.4 is 10.6 Å². The monoisotopic (exact) mass is 353 g/mol. The van der Waals surface area contributed by atoms with E-state index in [0.29, 0.717) is 23.1 Å². The lowest BCUT2D eigenvalue weighted by atomic mass is 10.2. The molecule has 0 bridgehead atoms. The average molecular weight is 354 g/mol. The van der Waals surface area contributed by atoms with Crippen LogP contribution in [-0.2, 0) is 6.54 Å². The summed E-state index contributed by atoms with van der Waals surface area (Å²) in [4.78, 5) is 24.5. The highest BCUT2D eigenvalue weighted by Gasteiger charge is 2.09. The first-order valence-corrected chi connectivity index (χ1v) is 8.02. The van der Waals surface area contributed by atoms with Gasteiger partial charge in [0.2, 0.25) is 0 Å². The zero-order valence-electron chi connectivity index (χ0n) is 13.5. The second-order valence-electron chi connectivity index (χ2n) is 5.41. The Morgan fingerprint density at radius 2 is 1.92 bits per heavy atom. The van der Waals surface area contributed by atoms with E-state index in [0.717, 1.165) is 11.1 Å². The largest absolute Gasteiger partial charge is 0.365 e. The molecule has 7 heteroatoms. The first kappa shape index (κ1) is 16.9. The molecule has 1 aromatic carbocycles. The van der Waals surface area contributed by atoms with E-state index in [1.54, 1.807) is 24.5 Å². The number of anilines is 2. The summed E-state index contributed by atoms with van der Waals surface area (Å²) in [5, 5.41) is 6.49. The number of pyridine rings is 1. The van der Waals surface area contributed by atoms with Crippen LogP contribution in [0.4, 0.5) is 11.5 Å². The van der Waals surface area contributed by atoms with E-state index in [1.165, 1.54) is 12.4 Å². The highest BCUT2D eigenvalue weighted by atomic mass is 35.5. The van der Waals surface area contributed by atoms with Crippen molar-refractivity contribution in [2.75, 3.05) is 10.6 Å². The maximum absolute atomic E-state index is 12.2. The van der Waals surface area contributed by atoms with Crippen molar-refractivity contribution in [3.8, 4) is 0 Å². The summed E-state index contributed by atoms with van der Waals surface area (Å²) in [7, 11) is 0. The van der Waals surface area contributed by atoms with Crippen LogP contribution >= 0.6 is 11.6 Å². The Labute approximate surface area is 150 Å². The minimum Gasteiger partial charge on any atom is -0.365 e. The van der Waals surface area contributed by atoms with Gasteiger partial charge in [0.05, 0.1) is 12.4 Å². The van der Waals surface area contributed by atoms with Crippen molar-refractivity contribution in [3.63, 3.8) is 0 Å². The molecular weight excluding hydrogens is 338 g/mol. The topological polar surface area (TPSA) is 79.8 Å². The van der Waals surface area contributed by atoms with Gasteiger partial charge in [0.15, 0.2) is 0 Å². The molecule has 126 valence electrons. The number of hydrogen-bond donors (Lipinski definition) is 2. The number of carbonyl (C=O) groups excluding carboxylic acids is 1. The number of benzene rings is 1. The summed E-state index contributed by atoms with van der Waals surface area (Å²) in [5.74, 6) is 0.250. The zero-order chi connectivity index (χ0) is 17.6. The number of carbonyl (C=O) groups is 1. The van der Waals surface area contributed by atoms with Gasteiger partial charge in [-0.25, -0.2) is 9.97 Å².